The summed E-state index contributed by atoms with van der Waals surface area (Å²) in [6, 6.07) is 8.79. The van der Waals surface area contributed by atoms with E-state index in [0.29, 0.717) is 19.5 Å². The number of benzene rings is 1. The first-order chi connectivity index (χ1) is 17.7. The van der Waals surface area contributed by atoms with Crippen LogP contribution in [0.15, 0.2) is 42.9 Å². The lowest BCUT2D eigenvalue weighted by molar-refractivity contribution is -0.139. The van der Waals surface area contributed by atoms with Crippen LogP contribution in [-0.2, 0) is 34.3 Å². The van der Waals surface area contributed by atoms with Crippen LogP contribution < -0.4 is 0 Å². The summed E-state index contributed by atoms with van der Waals surface area (Å²) in [6.45, 7) is 11.9. The summed E-state index contributed by atoms with van der Waals surface area (Å²) < 4.78 is 13.1. The average molecular weight is 528 g/mol. The number of hydrogen-bond donors (Lipinski definition) is 0. The van der Waals surface area contributed by atoms with Crippen molar-refractivity contribution < 1.29 is 23.9 Å². The fourth-order valence-electron chi connectivity index (χ4n) is 4.18. The minimum Gasteiger partial charge on any atom is -0.444 e. The van der Waals surface area contributed by atoms with E-state index in [1.165, 1.54) is 9.80 Å². The molecule has 0 aliphatic carbocycles. The number of nitrogens with zero attached hydrogens (tertiary/aromatic N) is 5. The number of aromatic nitrogens is 2. The molecule has 0 bridgehead atoms. The molecule has 3 amide bonds. The second-order valence-electron chi connectivity index (χ2n) is 11.6. The van der Waals surface area contributed by atoms with Gasteiger partial charge in [-0.05, 0) is 47.1 Å². The van der Waals surface area contributed by atoms with Crippen molar-refractivity contribution in [3.8, 4) is 0 Å². The van der Waals surface area contributed by atoms with E-state index < -0.39 is 29.4 Å². The molecule has 0 N–H and O–H groups in total. The topological polar surface area (TPSA) is 97.2 Å². The van der Waals surface area contributed by atoms with Crippen LogP contribution in [0, 0.1) is 0 Å². The third kappa shape index (κ3) is 8.22. The first kappa shape index (κ1) is 29.0. The molecule has 10 nitrogen and oxygen atoms in total. The van der Waals surface area contributed by atoms with Gasteiger partial charge in [0.05, 0.1) is 12.9 Å². The SMILES string of the molecule is Cn1cncc1CCN(Cc1ccccc1)C(=O)[C@H]1CN(C(=O)OC(C)(C)C)CCN1C(=O)OC(C)(C)C. The molecule has 1 aliphatic rings. The van der Waals surface area contributed by atoms with Gasteiger partial charge in [0, 0.05) is 51.5 Å². The van der Waals surface area contributed by atoms with E-state index in [1.807, 2.05) is 41.9 Å². The molecular formula is C28H41N5O5. The maximum Gasteiger partial charge on any atom is 0.411 e. The van der Waals surface area contributed by atoms with E-state index in [-0.39, 0.29) is 25.5 Å². The standard InChI is InChI=1S/C28H41N5O5/c1-27(2,3)37-25(35)32-15-16-33(26(36)38-28(4,5)6)23(19-32)24(34)31(18-21-11-9-8-10-12-21)14-13-22-17-29-20-30(22)7/h8-12,17,20,23H,13-16,18-19H2,1-7H3/t23-/m1/s1. The van der Waals surface area contributed by atoms with Crippen LogP contribution in [0.3, 0.4) is 0 Å². The Kier molecular flexibility index (Phi) is 9.06. The third-order valence-electron chi connectivity index (χ3n) is 6.03. The molecule has 3 rings (SSSR count). The highest BCUT2D eigenvalue weighted by Gasteiger charge is 2.41. The molecule has 1 aliphatic heterocycles. The van der Waals surface area contributed by atoms with Gasteiger partial charge in [-0.1, -0.05) is 30.3 Å². The van der Waals surface area contributed by atoms with E-state index in [4.69, 9.17) is 9.47 Å². The Morgan fingerprint density at radius 1 is 0.974 bits per heavy atom. The van der Waals surface area contributed by atoms with Crippen molar-refractivity contribution in [2.75, 3.05) is 26.2 Å². The predicted molar refractivity (Wildman–Crippen MR) is 143 cm³/mol. The smallest absolute Gasteiger partial charge is 0.411 e. The van der Waals surface area contributed by atoms with Gasteiger partial charge in [-0.15, -0.1) is 0 Å². The number of imidazole rings is 1. The molecule has 10 heteroatoms. The van der Waals surface area contributed by atoms with Gasteiger partial charge in [0.15, 0.2) is 0 Å². The molecule has 2 aromatic rings. The second-order valence-corrected chi connectivity index (χ2v) is 11.6. The van der Waals surface area contributed by atoms with Gasteiger partial charge in [0.2, 0.25) is 5.91 Å². The van der Waals surface area contributed by atoms with Crippen LogP contribution >= 0.6 is 0 Å². The minimum absolute atomic E-state index is 0.0178. The summed E-state index contributed by atoms with van der Waals surface area (Å²) in [7, 11) is 1.91. The Balaban J connectivity index is 1.89. The molecule has 0 radical (unpaired) electrons. The lowest BCUT2D eigenvalue weighted by Gasteiger charge is -2.42. The van der Waals surface area contributed by atoms with E-state index in [9.17, 15) is 14.4 Å². The summed E-state index contributed by atoms with van der Waals surface area (Å²) in [5.74, 6) is -0.255. The number of rotatable bonds is 6. The molecule has 2 heterocycles. The monoisotopic (exact) mass is 527 g/mol. The van der Waals surface area contributed by atoms with Gasteiger partial charge in [-0.3, -0.25) is 9.69 Å². The first-order valence-corrected chi connectivity index (χ1v) is 13.0. The second kappa shape index (κ2) is 11.9. The molecular weight excluding hydrogens is 486 g/mol. The lowest BCUT2D eigenvalue weighted by atomic mass is 10.1. The minimum atomic E-state index is -0.915. The largest absolute Gasteiger partial charge is 0.444 e. The van der Waals surface area contributed by atoms with Gasteiger partial charge in [-0.25, -0.2) is 14.6 Å². The highest BCUT2D eigenvalue weighted by molar-refractivity contribution is 5.87. The zero-order valence-corrected chi connectivity index (χ0v) is 23.6. The number of amides is 3. The zero-order valence-electron chi connectivity index (χ0n) is 23.6. The lowest BCUT2D eigenvalue weighted by Crippen LogP contribution is -2.62. The molecule has 1 saturated heterocycles. The van der Waals surface area contributed by atoms with Crippen molar-refractivity contribution in [2.45, 2.75) is 71.8 Å². The Morgan fingerprint density at radius 3 is 2.18 bits per heavy atom. The number of piperazine rings is 1. The van der Waals surface area contributed by atoms with Gasteiger partial charge >= 0.3 is 12.2 Å². The molecule has 0 unspecified atom stereocenters. The number of aryl methyl sites for hydroxylation is 1. The summed E-state index contributed by atoms with van der Waals surface area (Å²) in [5, 5.41) is 0. The van der Waals surface area contributed by atoms with Crippen molar-refractivity contribution in [1.82, 2.24) is 24.3 Å². The Hall–Kier alpha value is -3.56. The fraction of sp³-hybridized carbons (Fsp3) is 0.571. The van der Waals surface area contributed by atoms with Crippen molar-refractivity contribution in [3.05, 3.63) is 54.1 Å². The van der Waals surface area contributed by atoms with Crippen molar-refractivity contribution in [3.63, 3.8) is 0 Å². The van der Waals surface area contributed by atoms with Gasteiger partial charge in [-0.2, -0.15) is 0 Å². The molecule has 1 aromatic heterocycles. The molecule has 1 aromatic carbocycles. The van der Waals surface area contributed by atoms with Crippen molar-refractivity contribution in [1.29, 1.82) is 0 Å². The first-order valence-electron chi connectivity index (χ1n) is 13.0. The number of hydrogen-bond acceptors (Lipinski definition) is 6. The van der Waals surface area contributed by atoms with Crippen LogP contribution in [-0.4, -0.2) is 85.8 Å². The number of carbonyl (C=O) groups is 3. The highest BCUT2D eigenvalue weighted by atomic mass is 16.6. The molecule has 38 heavy (non-hydrogen) atoms. The third-order valence-corrected chi connectivity index (χ3v) is 6.03. The normalized spacial score (nSPS) is 16.2. The zero-order chi connectivity index (χ0) is 28.1. The van der Waals surface area contributed by atoms with Crippen molar-refractivity contribution >= 4 is 18.1 Å². The Bertz CT molecular complexity index is 1100. The van der Waals surface area contributed by atoms with Gasteiger partial charge in [0.25, 0.3) is 0 Å². The predicted octanol–water partition coefficient (Wildman–Crippen LogP) is 3.85. The van der Waals surface area contributed by atoms with Crippen LogP contribution in [0.1, 0.15) is 52.8 Å². The quantitative estimate of drug-likeness (QED) is 0.566. The molecule has 1 atom stereocenters. The van der Waals surface area contributed by atoms with Crippen LogP contribution in [0.5, 0.6) is 0 Å². The van der Waals surface area contributed by atoms with E-state index in [1.54, 1.807) is 59.0 Å². The summed E-state index contributed by atoms with van der Waals surface area (Å²) in [4.78, 5) is 49.1. The van der Waals surface area contributed by atoms with Crippen LogP contribution in [0.4, 0.5) is 9.59 Å². The van der Waals surface area contributed by atoms with E-state index in [2.05, 4.69) is 4.98 Å². The number of ether oxygens (including phenoxy) is 2. The average Bonchev–Trinajstić information content (AvgIpc) is 3.24. The maximum atomic E-state index is 14.2. The fourth-order valence-corrected chi connectivity index (χ4v) is 4.18. The van der Waals surface area contributed by atoms with Crippen molar-refractivity contribution in [2.24, 2.45) is 7.05 Å². The Labute approximate surface area is 225 Å². The summed E-state index contributed by atoms with van der Waals surface area (Å²) in [6.07, 6.45) is 3.00. The Morgan fingerprint density at radius 2 is 1.61 bits per heavy atom. The summed E-state index contributed by atoms with van der Waals surface area (Å²) in [5.41, 5.74) is 0.547. The molecule has 0 saturated carbocycles. The molecule has 0 spiro atoms. The highest BCUT2D eigenvalue weighted by Crippen LogP contribution is 2.21. The van der Waals surface area contributed by atoms with E-state index >= 15 is 0 Å². The van der Waals surface area contributed by atoms with Crippen LogP contribution in [0.2, 0.25) is 0 Å². The maximum absolute atomic E-state index is 14.2. The summed E-state index contributed by atoms with van der Waals surface area (Å²) >= 11 is 0. The van der Waals surface area contributed by atoms with Gasteiger partial charge < -0.3 is 23.8 Å². The van der Waals surface area contributed by atoms with Gasteiger partial charge in [0.1, 0.15) is 17.2 Å². The number of carbonyl (C=O) groups excluding carboxylic acids is 3. The van der Waals surface area contributed by atoms with E-state index in [0.717, 1.165) is 11.3 Å². The molecule has 1 fully saturated rings. The molecule has 208 valence electrons. The van der Waals surface area contributed by atoms with Crippen LogP contribution in [0.25, 0.3) is 0 Å².